The Morgan fingerprint density at radius 1 is 1.33 bits per heavy atom. The van der Waals surface area contributed by atoms with Gasteiger partial charge in [-0.25, -0.2) is 0 Å². The van der Waals surface area contributed by atoms with Gasteiger partial charge in [-0.3, -0.25) is 4.79 Å². The summed E-state index contributed by atoms with van der Waals surface area (Å²) in [6, 6.07) is 7.22. The van der Waals surface area contributed by atoms with Crippen LogP contribution in [0.3, 0.4) is 0 Å². The zero-order valence-corrected chi connectivity index (χ0v) is 15.2. The van der Waals surface area contributed by atoms with Crippen molar-refractivity contribution in [2.45, 2.75) is 37.8 Å². The Bertz CT molecular complexity index is 524. The van der Waals surface area contributed by atoms with Gasteiger partial charge in [0, 0.05) is 37.7 Å². The third kappa shape index (κ3) is 5.36. The number of carbonyl (C=O) groups excluding carboxylic acids is 1. The molecule has 0 saturated heterocycles. The number of benzene rings is 1. The number of amides is 1. The summed E-state index contributed by atoms with van der Waals surface area (Å²) < 4.78 is 11.0. The lowest BCUT2D eigenvalue weighted by Gasteiger charge is -2.34. The second-order valence-electron chi connectivity index (χ2n) is 6.36. The monoisotopic (exact) mass is 354 g/mol. The molecular formula is C18H27ClN2O3. The van der Waals surface area contributed by atoms with E-state index in [2.05, 4.69) is 0 Å². The summed E-state index contributed by atoms with van der Waals surface area (Å²) in [5.41, 5.74) is 6.09. The van der Waals surface area contributed by atoms with Gasteiger partial charge in [0.15, 0.2) is 0 Å². The highest BCUT2D eigenvalue weighted by atomic mass is 35.5. The molecule has 134 valence electrons. The van der Waals surface area contributed by atoms with Crippen molar-refractivity contribution in [3.63, 3.8) is 0 Å². The van der Waals surface area contributed by atoms with Crippen molar-refractivity contribution in [3.8, 4) is 5.75 Å². The molecule has 3 atom stereocenters. The van der Waals surface area contributed by atoms with E-state index in [1.165, 1.54) is 0 Å². The number of methoxy groups -OCH3 is 1. The lowest BCUT2D eigenvalue weighted by molar-refractivity contribution is -0.136. The number of rotatable bonds is 7. The second-order valence-corrected chi connectivity index (χ2v) is 6.80. The van der Waals surface area contributed by atoms with E-state index in [0.717, 1.165) is 25.0 Å². The van der Waals surface area contributed by atoms with Crippen LogP contribution in [-0.4, -0.2) is 50.3 Å². The molecule has 1 aromatic rings. The molecule has 1 aliphatic carbocycles. The molecule has 0 aliphatic heterocycles. The van der Waals surface area contributed by atoms with Crippen molar-refractivity contribution >= 4 is 17.5 Å². The van der Waals surface area contributed by atoms with Crippen molar-refractivity contribution in [1.82, 2.24) is 4.90 Å². The van der Waals surface area contributed by atoms with Gasteiger partial charge in [-0.1, -0.05) is 11.6 Å². The van der Waals surface area contributed by atoms with E-state index in [4.69, 9.17) is 26.8 Å². The Hall–Kier alpha value is -1.30. The topological polar surface area (TPSA) is 64.8 Å². The number of carbonyl (C=O) groups is 1. The number of nitrogens with zero attached hydrogens (tertiary/aromatic N) is 1. The molecule has 0 spiro atoms. The highest BCUT2D eigenvalue weighted by molar-refractivity contribution is 6.30. The fourth-order valence-corrected chi connectivity index (χ4v) is 3.27. The molecule has 24 heavy (non-hydrogen) atoms. The number of halogens is 1. The van der Waals surface area contributed by atoms with Crippen LogP contribution in [0.4, 0.5) is 0 Å². The Morgan fingerprint density at radius 3 is 2.67 bits per heavy atom. The molecule has 0 heterocycles. The number of ether oxygens (including phenoxy) is 2. The highest BCUT2D eigenvalue weighted by Crippen LogP contribution is 2.26. The molecular weight excluding hydrogens is 328 g/mol. The van der Waals surface area contributed by atoms with Crippen LogP contribution in [0, 0.1) is 5.92 Å². The maximum Gasteiger partial charge on any atom is 0.225 e. The minimum absolute atomic E-state index is 0.00795. The molecule has 1 fully saturated rings. The fraction of sp³-hybridized carbons (Fsp3) is 0.611. The van der Waals surface area contributed by atoms with Gasteiger partial charge in [0.2, 0.25) is 5.91 Å². The van der Waals surface area contributed by atoms with Crippen LogP contribution in [-0.2, 0) is 9.53 Å². The minimum Gasteiger partial charge on any atom is -0.494 e. The van der Waals surface area contributed by atoms with Gasteiger partial charge in [-0.15, -0.1) is 0 Å². The maximum absolute atomic E-state index is 12.5. The largest absolute Gasteiger partial charge is 0.494 e. The zero-order chi connectivity index (χ0) is 17.5. The normalized spacial score (nSPS) is 23.8. The molecule has 6 heteroatoms. The predicted molar refractivity (Wildman–Crippen MR) is 95.3 cm³/mol. The molecule has 1 aromatic carbocycles. The van der Waals surface area contributed by atoms with Crippen LogP contribution in [0.1, 0.15) is 25.7 Å². The van der Waals surface area contributed by atoms with Crippen molar-refractivity contribution < 1.29 is 14.3 Å². The third-order valence-electron chi connectivity index (χ3n) is 4.58. The van der Waals surface area contributed by atoms with Gasteiger partial charge in [-0.05, 0) is 49.9 Å². The summed E-state index contributed by atoms with van der Waals surface area (Å²) in [6.07, 6.45) is 3.25. The first kappa shape index (κ1) is 19.0. The SMILES string of the molecule is CO[C@@H]1CC[C@H](C(=O)N(C)CCCOc2ccc(Cl)cc2)C[C@H]1N. The minimum atomic E-state index is -0.0562. The Morgan fingerprint density at radius 2 is 2.04 bits per heavy atom. The van der Waals surface area contributed by atoms with Gasteiger partial charge in [0.1, 0.15) is 5.75 Å². The summed E-state index contributed by atoms with van der Waals surface area (Å²) in [4.78, 5) is 14.3. The Balaban J connectivity index is 1.69. The molecule has 2 N–H and O–H groups in total. The van der Waals surface area contributed by atoms with Gasteiger partial charge in [0.25, 0.3) is 0 Å². The maximum atomic E-state index is 12.5. The van der Waals surface area contributed by atoms with Crippen molar-refractivity contribution in [1.29, 1.82) is 0 Å². The number of hydrogen-bond donors (Lipinski definition) is 1. The average Bonchev–Trinajstić information content (AvgIpc) is 2.59. The molecule has 0 radical (unpaired) electrons. The van der Waals surface area contributed by atoms with E-state index in [1.54, 1.807) is 24.1 Å². The lowest BCUT2D eigenvalue weighted by atomic mass is 9.83. The summed E-state index contributed by atoms with van der Waals surface area (Å²) >= 11 is 5.84. The van der Waals surface area contributed by atoms with Crippen molar-refractivity contribution in [2.24, 2.45) is 11.7 Å². The van der Waals surface area contributed by atoms with Crippen molar-refractivity contribution in [3.05, 3.63) is 29.3 Å². The Labute approximate surface area is 149 Å². The summed E-state index contributed by atoms with van der Waals surface area (Å²) in [6.45, 7) is 1.24. The van der Waals surface area contributed by atoms with Gasteiger partial charge in [0.05, 0.1) is 12.7 Å². The van der Waals surface area contributed by atoms with Gasteiger partial charge in [-0.2, -0.15) is 0 Å². The predicted octanol–water partition coefficient (Wildman–Crippen LogP) is 2.71. The lowest BCUT2D eigenvalue weighted by Crippen LogP contribution is -2.46. The van der Waals surface area contributed by atoms with Crippen LogP contribution in [0.25, 0.3) is 0 Å². The second kappa shape index (κ2) is 9.25. The van der Waals surface area contributed by atoms with Gasteiger partial charge >= 0.3 is 0 Å². The van der Waals surface area contributed by atoms with Crippen LogP contribution < -0.4 is 10.5 Å². The summed E-state index contributed by atoms with van der Waals surface area (Å²) in [7, 11) is 3.53. The van der Waals surface area contributed by atoms with Crippen molar-refractivity contribution in [2.75, 3.05) is 27.3 Å². The zero-order valence-electron chi connectivity index (χ0n) is 14.4. The molecule has 0 bridgehead atoms. The van der Waals surface area contributed by atoms with E-state index in [9.17, 15) is 4.79 Å². The quantitative estimate of drug-likeness (QED) is 0.764. The third-order valence-corrected chi connectivity index (χ3v) is 4.83. The van der Waals surface area contributed by atoms with Crippen LogP contribution in [0.15, 0.2) is 24.3 Å². The first-order valence-corrected chi connectivity index (χ1v) is 8.80. The molecule has 1 saturated carbocycles. The van der Waals surface area contributed by atoms with E-state index >= 15 is 0 Å². The van der Waals surface area contributed by atoms with Crippen LogP contribution in [0.5, 0.6) is 5.75 Å². The van der Waals surface area contributed by atoms with E-state index in [-0.39, 0.29) is 24.0 Å². The Kier molecular flexibility index (Phi) is 7.34. The molecule has 1 aliphatic rings. The first-order chi connectivity index (χ1) is 11.5. The fourth-order valence-electron chi connectivity index (χ4n) is 3.14. The average molecular weight is 355 g/mol. The van der Waals surface area contributed by atoms with Gasteiger partial charge < -0.3 is 20.1 Å². The number of nitrogens with two attached hydrogens (primary N) is 1. The highest BCUT2D eigenvalue weighted by Gasteiger charge is 2.33. The molecule has 0 unspecified atom stereocenters. The summed E-state index contributed by atoms with van der Waals surface area (Å²) in [5.74, 6) is 0.970. The van der Waals surface area contributed by atoms with Crippen LogP contribution in [0.2, 0.25) is 5.02 Å². The van der Waals surface area contributed by atoms with E-state index in [1.807, 2.05) is 19.2 Å². The molecule has 0 aromatic heterocycles. The van der Waals surface area contributed by atoms with Crippen LogP contribution >= 0.6 is 11.6 Å². The molecule has 2 rings (SSSR count). The molecule has 1 amide bonds. The first-order valence-electron chi connectivity index (χ1n) is 8.43. The van der Waals surface area contributed by atoms with E-state index < -0.39 is 0 Å². The van der Waals surface area contributed by atoms with E-state index in [0.29, 0.717) is 24.6 Å². The number of hydrogen-bond acceptors (Lipinski definition) is 4. The standard InChI is InChI=1S/C18H27ClN2O3/c1-21(10-3-11-24-15-7-5-14(19)6-8-15)18(22)13-4-9-17(23-2)16(20)12-13/h5-8,13,16-17H,3-4,9-12,20H2,1-2H3/t13-,16+,17+/m0/s1. The smallest absolute Gasteiger partial charge is 0.225 e. The molecule has 5 nitrogen and oxygen atoms in total. The summed E-state index contributed by atoms with van der Waals surface area (Å²) in [5, 5.41) is 0.689.